The summed E-state index contributed by atoms with van der Waals surface area (Å²) in [5.41, 5.74) is 13.5. The molecule has 1 saturated heterocycles. The van der Waals surface area contributed by atoms with E-state index in [9.17, 15) is 0 Å². The Morgan fingerprint density at radius 3 is 2.61 bits per heavy atom. The van der Waals surface area contributed by atoms with E-state index in [1.807, 2.05) is 0 Å². The zero-order valence-corrected chi connectivity index (χ0v) is 26.0. The molecule has 1 aliphatic heterocycles. The van der Waals surface area contributed by atoms with Gasteiger partial charge in [0.1, 0.15) is 0 Å². The largest absolute Gasteiger partial charge is 0.374 e. The normalized spacial score (nSPS) is 43.7. The van der Waals surface area contributed by atoms with Crippen molar-refractivity contribution in [3.8, 4) is 0 Å². The minimum Gasteiger partial charge on any atom is -0.374 e. The van der Waals surface area contributed by atoms with Crippen molar-refractivity contribution >= 4 is 0 Å². The first-order valence-corrected chi connectivity index (χ1v) is 16.7. The summed E-state index contributed by atoms with van der Waals surface area (Å²) < 4.78 is 0. The summed E-state index contributed by atoms with van der Waals surface area (Å²) in [6.45, 7) is 20.5. The predicted octanol–water partition coefficient (Wildman–Crippen LogP) is 9.42. The second-order valence-electron chi connectivity index (χ2n) is 15.0. The van der Waals surface area contributed by atoms with Crippen LogP contribution in [0.1, 0.15) is 131 Å². The smallest absolute Gasteiger partial charge is 0.0346 e. The minimum atomic E-state index is -0.0294. The Morgan fingerprint density at radius 2 is 1.89 bits per heavy atom. The van der Waals surface area contributed by atoms with Crippen LogP contribution in [0.25, 0.3) is 0 Å². The molecule has 0 bridgehead atoms. The van der Waals surface area contributed by atoms with Gasteiger partial charge in [-0.05, 0) is 118 Å². The van der Waals surface area contributed by atoms with E-state index in [4.69, 9.17) is 5.73 Å². The number of fused-ring (bicyclic) bond motifs is 5. The molecule has 0 aromatic carbocycles. The van der Waals surface area contributed by atoms with Gasteiger partial charge in [0.05, 0.1) is 0 Å². The van der Waals surface area contributed by atoms with Crippen molar-refractivity contribution in [3.05, 3.63) is 35.6 Å². The molecular formula is C36H60N2. The Balaban J connectivity index is 1.44. The molecule has 0 spiro atoms. The number of likely N-dealkylation sites (tertiary alicyclic amines) is 1. The first kappa shape index (κ1) is 28.5. The van der Waals surface area contributed by atoms with Gasteiger partial charge in [0.2, 0.25) is 0 Å². The van der Waals surface area contributed by atoms with Crippen molar-refractivity contribution in [1.29, 1.82) is 0 Å². The van der Waals surface area contributed by atoms with Gasteiger partial charge in [-0.2, -0.15) is 0 Å². The molecule has 2 heteroatoms. The summed E-state index contributed by atoms with van der Waals surface area (Å²) in [6, 6.07) is 0.623. The Morgan fingerprint density at radius 1 is 1.11 bits per heavy atom. The van der Waals surface area contributed by atoms with E-state index in [-0.39, 0.29) is 11.0 Å². The highest BCUT2D eigenvalue weighted by atomic mass is 15.2. The van der Waals surface area contributed by atoms with E-state index < -0.39 is 0 Å². The van der Waals surface area contributed by atoms with Gasteiger partial charge >= 0.3 is 0 Å². The molecule has 214 valence electrons. The SMILES string of the molecule is C=CN1CCCC(CCC)C1C(C)C1(C)CCC2C(=C1C)CC1C3(C)CCC(CCCC)CC3=CCC21N. The topological polar surface area (TPSA) is 29.3 Å². The van der Waals surface area contributed by atoms with Gasteiger partial charge < -0.3 is 10.6 Å². The van der Waals surface area contributed by atoms with Crippen molar-refractivity contribution in [2.75, 3.05) is 6.54 Å². The van der Waals surface area contributed by atoms with Crippen LogP contribution in [-0.4, -0.2) is 23.0 Å². The molecule has 2 N–H and O–H groups in total. The van der Waals surface area contributed by atoms with Gasteiger partial charge in [-0.15, -0.1) is 0 Å². The number of nitrogens with two attached hydrogens (primary N) is 1. The third-order valence-electron chi connectivity index (χ3n) is 13.5. The fourth-order valence-corrected chi connectivity index (χ4v) is 10.8. The van der Waals surface area contributed by atoms with Crippen molar-refractivity contribution in [1.82, 2.24) is 4.90 Å². The third kappa shape index (κ3) is 4.38. The van der Waals surface area contributed by atoms with Crippen molar-refractivity contribution < 1.29 is 0 Å². The van der Waals surface area contributed by atoms with Gasteiger partial charge in [0.25, 0.3) is 0 Å². The van der Waals surface area contributed by atoms with Crippen molar-refractivity contribution in [2.24, 2.45) is 46.2 Å². The second-order valence-corrected chi connectivity index (χ2v) is 15.0. The van der Waals surface area contributed by atoms with Crippen LogP contribution in [0.3, 0.4) is 0 Å². The maximum atomic E-state index is 7.60. The van der Waals surface area contributed by atoms with Gasteiger partial charge in [-0.3, -0.25) is 0 Å². The molecule has 9 unspecified atom stereocenters. The molecule has 5 aliphatic rings. The lowest BCUT2D eigenvalue weighted by Gasteiger charge is -2.55. The van der Waals surface area contributed by atoms with Gasteiger partial charge in [-0.25, -0.2) is 0 Å². The molecule has 4 aliphatic carbocycles. The number of piperidine rings is 1. The fraction of sp³-hybridized carbons (Fsp3) is 0.833. The molecule has 0 radical (unpaired) electrons. The summed E-state index contributed by atoms with van der Waals surface area (Å²) in [5, 5.41) is 0. The first-order valence-electron chi connectivity index (χ1n) is 16.7. The van der Waals surface area contributed by atoms with Gasteiger partial charge in [0, 0.05) is 18.1 Å². The first-order chi connectivity index (χ1) is 18.1. The van der Waals surface area contributed by atoms with Crippen LogP contribution >= 0.6 is 0 Å². The maximum Gasteiger partial charge on any atom is 0.0346 e. The molecule has 3 fully saturated rings. The van der Waals surface area contributed by atoms with E-state index in [1.54, 1.807) is 16.7 Å². The molecule has 38 heavy (non-hydrogen) atoms. The van der Waals surface area contributed by atoms with Crippen LogP contribution in [-0.2, 0) is 0 Å². The number of hydrogen-bond donors (Lipinski definition) is 1. The lowest BCUT2D eigenvalue weighted by Crippen LogP contribution is -2.58. The molecule has 0 aromatic heterocycles. The summed E-state index contributed by atoms with van der Waals surface area (Å²) in [7, 11) is 0. The average Bonchev–Trinajstić information content (AvgIpc) is 3.23. The van der Waals surface area contributed by atoms with Crippen LogP contribution in [0.5, 0.6) is 0 Å². The summed E-state index contributed by atoms with van der Waals surface area (Å²) >= 11 is 0. The molecule has 2 saturated carbocycles. The summed E-state index contributed by atoms with van der Waals surface area (Å²) in [5.74, 6) is 3.57. The zero-order valence-electron chi connectivity index (χ0n) is 26.0. The number of hydrogen-bond acceptors (Lipinski definition) is 2. The highest BCUT2D eigenvalue weighted by Gasteiger charge is 2.61. The number of unbranched alkanes of at least 4 members (excludes halogenated alkanes) is 1. The third-order valence-corrected chi connectivity index (χ3v) is 13.5. The average molecular weight is 521 g/mol. The van der Waals surface area contributed by atoms with E-state index in [0.717, 1.165) is 18.3 Å². The number of nitrogens with zero attached hydrogens (tertiary/aromatic N) is 1. The maximum absolute atomic E-state index is 7.60. The molecule has 9 atom stereocenters. The second kappa shape index (κ2) is 10.8. The van der Waals surface area contributed by atoms with Crippen molar-refractivity contribution in [3.63, 3.8) is 0 Å². The molecule has 5 rings (SSSR count). The van der Waals surface area contributed by atoms with Crippen LogP contribution in [0.15, 0.2) is 35.6 Å². The lowest BCUT2D eigenvalue weighted by molar-refractivity contribution is 0.0276. The Kier molecular flexibility index (Phi) is 8.07. The predicted molar refractivity (Wildman–Crippen MR) is 164 cm³/mol. The van der Waals surface area contributed by atoms with E-state index in [1.165, 1.54) is 90.0 Å². The fourth-order valence-electron chi connectivity index (χ4n) is 10.8. The Hall–Kier alpha value is -1.02. The highest BCUT2D eigenvalue weighted by Crippen LogP contribution is 2.66. The van der Waals surface area contributed by atoms with Gasteiger partial charge in [-0.1, -0.05) is 89.7 Å². The van der Waals surface area contributed by atoms with E-state index in [2.05, 4.69) is 65.3 Å². The van der Waals surface area contributed by atoms with Crippen LogP contribution < -0.4 is 5.73 Å². The number of rotatable bonds is 8. The van der Waals surface area contributed by atoms with Crippen molar-refractivity contribution in [2.45, 2.75) is 143 Å². The summed E-state index contributed by atoms with van der Waals surface area (Å²) in [6.07, 6.45) is 23.4. The summed E-state index contributed by atoms with van der Waals surface area (Å²) in [4.78, 5) is 2.64. The Bertz CT molecular complexity index is 943. The van der Waals surface area contributed by atoms with Crippen LogP contribution in [0.4, 0.5) is 0 Å². The van der Waals surface area contributed by atoms with E-state index >= 15 is 0 Å². The molecule has 1 heterocycles. The molecular weight excluding hydrogens is 460 g/mol. The quantitative estimate of drug-likeness (QED) is 0.323. The lowest BCUT2D eigenvalue weighted by atomic mass is 9.52. The monoisotopic (exact) mass is 520 g/mol. The standard InChI is InChI=1S/C36H60N2/c1-8-11-14-27-16-19-35(7)29(23-27)17-21-36(37)31-18-20-34(6,25(4)30(31)24-32(35)36)26(5)33-28(13-9-2)15-12-22-38(33)10-3/h10,17,26-28,31-33H,3,8-9,11-16,18-24,37H2,1-2,4-7H3. The van der Waals surface area contributed by atoms with Crippen LogP contribution in [0.2, 0.25) is 0 Å². The van der Waals surface area contributed by atoms with Gasteiger partial charge in [0.15, 0.2) is 0 Å². The Labute approximate surface area is 236 Å². The molecule has 2 nitrogen and oxygen atoms in total. The minimum absolute atomic E-state index is 0.0294. The van der Waals surface area contributed by atoms with E-state index in [0.29, 0.717) is 29.2 Å². The van der Waals surface area contributed by atoms with Crippen LogP contribution in [0, 0.1) is 40.4 Å². The molecule has 0 aromatic rings. The number of allylic oxidation sites excluding steroid dienone is 2. The zero-order chi connectivity index (χ0) is 27.3. The highest BCUT2D eigenvalue weighted by molar-refractivity contribution is 5.40. The molecule has 0 amide bonds.